The lowest BCUT2D eigenvalue weighted by Crippen LogP contribution is -2.47. The summed E-state index contributed by atoms with van der Waals surface area (Å²) >= 11 is 0. The molecule has 1 aliphatic heterocycles. The maximum absolute atomic E-state index is 11.9. The Hall–Kier alpha value is -2.18. The number of nitrogens with zero attached hydrogens (tertiary/aromatic N) is 3. The minimum absolute atomic E-state index is 0.0316. The third-order valence-corrected chi connectivity index (χ3v) is 3.03. The zero-order chi connectivity index (χ0) is 14.4. The van der Waals surface area contributed by atoms with Crippen LogP contribution in [0, 0.1) is 0 Å². The fourth-order valence-corrected chi connectivity index (χ4v) is 2.07. The van der Waals surface area contributed by atoms with Crippen molar-refractivity contribution in [3.8, 4) is 6.01 Å². The lowest BCUT2D eigenvalue weighted by Gasteiger charge is -2.32. The number of carbonyl (C=O) groups excluding carboxylic acids is 2. The SMILES string of the molecule is CC(=O)NCC(=O)N1CCC[C@H](Oc2ncccn2)C1. The van der Waals surface area contributed by atoms with Gasteiger partial charge >= 0.3 is 6.01 Å². The van der Waals surface area contributed by atoms with E-state index >= 15 is 0 Å². The molecule has 0 aliphatic carbocycles. The van der Waals surface area contributed by atoms with Gasteiger partial charge in [-0.2, -0.15) is 0 Å². The van der Waals surface area contributed by atoms with Crippen molar-refractivity contribution in [1.82, 2.24) is 20.2 Å². The number of rotatable bonds is 4. The van der Waals surface area contributed by atoms with Gasteiger partial charge in [-0.25, -0.2) is 9.97 Å². The number of likely N-dealkylation sites (tertiary alicyclic amines) is 1. The van der Waals surface area contributed by atoms with Gasteiger partial charge < -0.3 is 15.0 Å². The van der Waals surface area contributed by atoms with Crippen LogP contribution in [0.25, 0.3) is 0 Å². The van der Waals surface area contributed by atoms with Crippen molar-refractivity contribution in [3.05, 3.63) is 18.5 Å². The maximum Gasteiger partial charge on any atom is 0.316 e. The highest BCUT2D eigenvalue weighted by atomic mass is 16.5. The van der Waals surface area contributed by atoms with E-state index in [0.717, 1.165) is 12.8 Å². The number of hydrogen-bond donors (Lipinski definition) is 1. The summed E-state index contributed by atoms with van der Waals surface area (Å²) in [6.07, 6.45) is 4.86. The van der Waals surface area contributed by atoms with Crippen LogP contribution in [0.2, 0.25) is 0 Å². The van der Waals surface area contributed by atoms with E-state index in [1.807, 2.05) is 0 Å². The van der Waals surface area contributed by atoms with Crippen LogP contribution in [0.5, 0.6) is 6.01 Å². The van der Waals surface area contributed by atoms with E-state index in [2.05, 4.69) is 15.3 Å². The number of aromatic nitrogens is 2. The number of amides is 2. The number of hydrogen-bond acceptors (Lipinski definition) is 5. The first kappa shape index (κ1) is 14.2. The second-order valence-electron chi connectivity index (χ2n) is 4.66. The maximum atomic E-state index is 11.9. The van der Waals surface area contributed by atoms with Crippen LogP contribution in [-0.4, -0.2) is 52.4 Å². The van der Waals surface area contributed by atoms with Gasteiger partial charge in [-0.05, 0) is 18.9 Å². The molecule has 108 valence electrons. The van der Waals surface area contributed by atoms with E-state index in [-0.39, 0.29) is 24.5 Å². The van der Waals surface area contributed by atoms with Gasteiger partial charge in [0.05, 0.1) is 13.1 Å². The fraction of sp³-hybridized carbons (Fsp3) is 0.538. The van der Waals surface area contributed by atoms with Crippen LogP contribution in [0.4, 0.5) is 0 Å². The first-order chi connectivity index (χ1) is 9.65. The Labute approximate surface area is 117 Å². The summed E-state index contributed by atoms with van der Waals surface area (Å²) in [5.74, 6) is -0.302. The third kappa shape index (κ3) is 4.18. The highest BCUT2D eigenvalue weighted by Crippen LogP contribution is 2.14. The molecule has 7 heteroatoms. The predicted molar refractivity (Wildman–Crippen MR) is 70.9 cm³/mol. The molecule has 0 radical (unpaired) electrons. The van der Waals surface area contributed by atoms with Crippen molar-refractivity contribution in [2.24, 2.45) is 0 Å². The molecule has 0 aromatic carbocycles. The average Bonchev–Trinajstić information content (AvgIpc) is 2.46. The number of ether oxygens (including phenoxy) is 1. The number of nitrogens with one attached hydrogen (secondary N) is 1. The molecule has 2 amide bonds. The van der Waals surface area contributed by atoms with E-state index in [1.54, 1.807) is 23.4 Å². The van der Waals surface area contributed by atoms with Crippen LogP contribution in [0.3, 0.4) is 0 Å². The molecule has 1 fully saturated rings. The van der Waals surface area contributed by atoms with Crippen molar-refractivity contribution in [3.63, 3.8) is 0 Å². The fourth-order valence-electron chi connectivity index (χ4n) is 2.07. The zero-order valence-electron chi connectivity index (χ0n) is 11.4. The van der Waals surface area contributed by atoms with Crippen molar-refractivity contribution in [2.45, 2.75) is 25.9 Å². The van der Waals surface area contributed by atoms with Gasteiger partial charge in [0, 0.05) is 25.9 Å². The molecule has 1 saturated heterocycles. The molecule has 1 aromatic rings. The molecule has 0 unspecified atom stereocenters. The highest BCUT2D eigenvalue weighted by Gasteiger charge is 2.25. The number of piperidine rings is 1. The van der Waals surface area contributed by atoms with Crippen LogP contribution < -0.4 is 10.1 Å². The second kappa shape index (κ2) is 6.83. The van der Waals surface area contributed by atoms with Gasteiger partial charge in [-0.15, -0.1) is 0 Å². The largest absolute Gasteiger partial charge is 0.458 e. The van der Waals surface area contributed by atoms with Crippen molar-refractivity contribution >= 4 is 11.8 Å². The molecule has 7 nitrogen and oxygen atoms in total. The summed E-state index contributed by atoms with van der Waals surface area (Å²) in [6, 6.07) is 2.05. The first-order valence-corrected chi connectivity index (χ1v) is 6.61. The van der Waals surface area contributed by atoms with Crippen LogP contribution in [-0.2, 0) is 9.59 Å². The summed E-state index contributed by atoms with van der Waals surface area (Å²) in [5.41, 5.74) is 0. The molecule has 1 aromatic heterocycles. The molecule has 2 heterocycles. The molecule has 0 bridgehead atoms. The minimum atomic E-state index is -0.208. The van der Waals surface area contributed by atoms with Crippen LogP contribution in [0.15, 0.2) is 18.5 Å². The lowest BCUT2D eigenvalue weighted by molar-refractivity contribution is -0.134. The topological polar surface area (TPSA) is 84.4 Å². The molecule has 1 N–H and O–H groups in total. The first-order valence-electron chi connectivity index (χ1n) is 6.61. The van der Waals surface area contributed by atoms with Crippen molar-refractivity contribution in [1.29, 1.82) is 0 Å². The van der Waals surface area contributed by atoms with Gasteiger partial charge in [0.25, 0.3) is 0 Å². The molecule has 0 saturated carbocycles. The molecular formula is C13H18N4O3. The standard InChI is InChI=1S/C13H18N4O3/c1-10(18)16-8-12(19)17-7-2-4-11(9-17)20-13-14-5-3-6-15-13/h3,5-6,11H,2,4,7-9H2,1H3,(H,16,18)/t11-/m0/s1. The Morgan fingerprint density at radius 1 is 1.45 bits per heavy atom. The predicted octanol–water partition coefficient (Wildman–Crippen LogP) is -0.0175. The second-order valence-corrected chi connectivity index (χ2v) is 4.66. The Morgan fingerprint density at radius 2 is 2.20 bits per heavy atom. The summed E-state index contributed by atoms with van der Waals surface area (Å²) in [5, 5.41) is 2.51. The normalized spacial score (nSPS) is 18.4. The monoisotopic (exact) mass is 278 g/mol. The molecule has 1 aliphatic rings. The van der Waals surface area contributed by atoms with E-state index in [4.69, 9.17) is 4.74 Å². The van der Waals surface area contributed by atoms with Gasteiger partial charge in [-0.1, -0.05) is 0 Å². The Bertz CT molecular complexity index is 466. The lowest BCUT2D eigenvalue weighted by atomic mass is 10.1. The summed E-state index contributed by atoms with van der Waals surface area (Å²) in [6.45, 7) is 2.61. The van der Waals surface area contributed by atoms with Gasteiger partial charge in [0.15, 0.2) is 0 Å². The van der Waals surface area contributed by atoms with Gasteiger partial charge in [-0.3, -0.25) is 9.59 Å². The van der Waals surface area contributed by atoms with Crippen LogP contribution in [0.1, 0.15) is 19.8 Å². The van der Waals surface area contributed by atoms with E-state index < -0.39 is 0 Å². The molecular weight excluding hydrogens is 260 g/mol. The smallest absolute Gasteiger partial charge is 0.316 e. The summed E-state index contributed by atoms with van der Waals surface area (Å²) < 4.78 is 5.66. The van der Waals surface area contributed by atoms with Crippen LogP contribution >= 0.6 is 0 Å². The molecule has 2 rings (SSSR count). The Kier molecular flexibility index (Phi) is 4.86. The quantitative estimate of drug-likeness (QED) is 0.837. The highest BCUT2D eigenvalue weighted by molar-refractivity contribution is 5.83. The Morgan fingerprint density at radius 3 is 2.90 bits per heavy atom. The summed E-state index contributed by atoms with van der Waals surface area (Å²) in [7, 11) is 0. The Balaban J connectivity index is 1.85. The molecule has 20 heavy (non-hydrogen) atoms. The number of carbonyl (C=O) groups is 2. The van der Waals surface area contributed by atoms with Crippen molar-refractivity contribution in [2.75, 3.05) is 19.6 Å². The third-order valence-electron chi connectivity index (χ3n) is 3.03. The van der Waals surface area contributed by atoms with E-state index in [9.17, 15) is 9.59 Å². The van der Waals surface area contributed by atoms with Crippen molar-refractivity contribution < 1.29 is 14.3 Å². The average molecular weight is 278 g/mol. The zero-order valence-corrected chi connectivity index (χ0v) is 11.4. The van der Waals surface area contributed by atoms with Gasteiger partial charge in [0.1, 0.15) is 6.10 Å². The van der Waals surface area contributed by atoms with E-state index in [1.165, 1.54) is 6.92 Å². The van der Waals surface area contributed by atoms with Gasteiger partial charge in [0.2, 0.25) is 11.8 Å². The molecule has 0 spiro atoms. The minimum Gasteiger partial charge on any atom is -0.458 e. The summed E-state index contributed by atoms with van der Waals surface area (Å²) in [4.78, 5) is 32.5. The van der Waals surface area contributed by atoms with E-state index in [0.29, 0.717) is 19.1 Å². The molecule has 1 atom stereocenters.